The molecule has 0 saturated heterocycles. The summed E-state index contributed by atoms with van der Waals surface area (Å²) in [6.07, 6.45) is -0.959. The third-order valence-corrected chi connectivity index (χ3v) is 1.01. The molecule has 0 amide bonds. The molecule has 80 valence electrons. The highest BCUT2D eigenvalue weighted by Gasteiger charge is 2.05. The Labute approximate surface area is 80.7 Å². The molecule has 0 fully saturated rings. The number of rotatable bonds is 4. The Kier molecular flexibility index (Phi) is 5.50. The lowest BCUT2D eigenvalue weighted by Gasteiger charge is -2.07. The first-order chi connectivity index (χ1) is 6.41. The van der Waals surface area contributed by atoms with Crippen molar-refractivity contribution in [2.75, 3.05) is 0 Å². The van der Waals surface area contributed by atoms with Gasteiger partial charge in [-0.3, -0.25) is 9.59 Å². The minimum atomic E-state index is -1.46. The van der Waals surface area contributed by atoms with Crippen LogP contribution in [0.1, 0.15) is 13.8 Å². The monoisotopic (exact) mass is 204 g/mol. The van der Waals surface area contributed by atoms with Gasteiger partial charge in [-0.1, -0.05) is 0 Å². The first-order valence-corrected chi connectivity index (χ1v) is 3.80. The lowest BCUT2D eigenvalue weighted by Crippen LogP contribution is -2.16. The van der Waals surface area contributed by atoms with Gasteiger partial charge >= 0.3 is 11.9 Å². The normalized spacial score (nSPS) is 14.9. The molecule has 0 aromatic carbocycles. The van der Waals surface area contributed by atoms with Crippen LogP contribution in [0.3, 0.4) is 0 Å². The van der Waals surface area contributed by atoms with Crippen molar-refractivity contribution in [3.63, 3.8) is 0 Å². The third kappa shape index (κ3) is 7.26. The van der Waals surface area contributed by atoms with E-state index in [1.165, 1.54) is 0 Å². The molecular weight excluding hydrogens is 192 g/mol. The van der Waals surface area contributed by atoms with Crippen LogP contribution < -0.4 is 0 Å². The van der Waals surface area contributed by atoms with Gasteiger partial charge in [-0.25, -0.2) is 0 Å². The van der Waals surface area contributed by atoms with Crippen LogP contribution in [-0.4, -0.2) is 34.7 Å². The van der Waals surface area contributed by atoms with E-state index in [1.807, 2.05) is 0 Å². The Balaban J connectivity index is 3.90. The molecule has 0 aliphatic rings. The Morgan fingerprint density at radius 3 is 1.50 bits per heavy atom. The third-order valence-electron chi connectivity index (χ3n) is 1.01. The largest absolute Gasteiger partial charge is 0.432 e. The van der Waals surface area contributed by atoms with Gasteiger partial charge in [-0.2, -0.15) is 0 Å². The molecule has 2 unspecified atom stereocenters. The molecule has 0 bridgehead atoms. The van der Waals surface area contributed by atoms with Crippen LogP contribution in [0, 0.1) is 0 Å². The number of hydrogen-bond acceptors (Lipinski definition) is 6. The van der Waals surface area contributed by atoms with E-state index in [-0.39, 0.29) is 0 Å². The van der Waals surface area contributed by atoms with Crippen LogP contribution in [-0.2, 0) is 19.1 Å². The molecule has 2 N–H and O–H groups in total. The zero-order chi connectivity index (χ0) is 11.1. The average molecular weight is 204 g/mol. The molecular formula is C8H12O6. The summed E-state index contributed by atoms with van der Waals surface area (Å²) in [6, 6.07) is 0. The molecule has 2 atom stereocenters. The summed E-state index contributed by atoms with van der Waals surface area (Å²) in [7, 11) is 0. The average Bonchev–Trinajstić information content (AvgIpc) is 1.98. The first kappa shape index (κ1) is 12.6. The highest BCUT2D eigenvalue weighted by molar-refractivity contribution is 5.66. The van der Waals surface area contributed by atoms with Crippen LogP contribution in [0.25, 0.3) is 0 Å². The number of carbonyl (C=O) groups is 2. The van der Waals surface area contributed by atoms with E-state index in [1.54, 1.807) is 0 Å². The maximum atomic E-state index is 10.3. The lowest BCUT2D eigenvalue weighted by atomic mass is 10.4. The second-order valence-corrected chi connectivity index (χ2v) is 2.38. The molecule has 0 spiro atoms. The minimum Gasteiger partial charge on any atom is -0.432 e. The van der Waals surface area contributed by atoms with Crippen LogP contribution in [0.2, 0.25) is 0 Å². The number of aliphatic hydroxyl groups is 2. The van der Waals surface area contributed by atoms with E-state index in [4.69, 9.17) is 10.2 Å². The Hall–Kier alpha value is -1.40. The number of esters is 2. The van der Waals surface area contributed by atoms with E-state index < -0.39 is 24.5 Å². The summed E-state index contributed by atoms with van der Waals surface area (Å²) >= 11 is 0. The van der Waals surface area contributed by atoms with Crippen molar-refractivity contribution < 1.29 is 29.3 Å². The summed E-state index contributed by atoms with van der Waals surface area (Å²) in [5.74, 6) is -1.33. The van der Waals surface area contributed by atoms with Gasteiger partial charge in [0.25, 0.3) is 0 Å². The second kappa shape index (κ2) is 6.11. The zero-order valence-electron chi connectivity index (χ0n) is 7.84. The van der Waals surface area contributed by atoms with E-state index in [0.29, 0.717) is 0 Å². The highest BCUT2D eigenvalue weighted by Crippen LogP contribution is 1.95. The van der Waals surface area contributed by atoms with Gasteiger partial charge in [0.2, 0.25) is 12.6 Å². The summed E-state index contributed by atoms with van der Waals surface area (Å²) in [4.78, 5) is 20.6. The maximum absolute atomic E-state index is 10.3. The molecule has 14 heavy (non-hydrogen) atoms. The molecule has 0 aromatic rings. The predicted octanol–water partition coefficient (Wildman–Crippen LogP) is -0.694. The quantitative estimate of drug-likeness (QED) is 0.357. The molecule has 6 heteroatoms. The van der Waals surface area contributed by atoms with Gasteiger partial charge < -0.3 is 19.7 Å². The van der Waals surface area contributed by atoms with Crippen molar-refractivity contribution in [2.24, 2.45) is 0 Å². The number of hydrogen-bond donors (Lipinski definition) is 2. The predicted molar refractivity (Wildman–Crippen MR) is 44.7 cm³/mol. The van der Waals surface area contributed by atoms with E-state index >= 15 is 0 Å². The van der Waals surface area contributed by atoms with E-state index in [0.717, 1.165) is 26.0 Å². The minimum absolute atomic E-state index is 0.663. The van der Waals surface area contributed by atoms with Gasteiger partial charge in [0.1, 0.15) is 0 Å². The molecule has 0 heterocycles. The van der Waals surface area contributed by atoms with E-state index in [2.05, 4.69) is 9.47 Å². The van der Waals surface area contributed by atoms with Gasteiger partial charge in [-0.15, -0.1) is 0 Å². The first-order valence-electron chi connectivity index (χ1n) is 3.80. The van der Waals surface area contributed by atoms with Gasteiger partial charge in [0, 0.05) is 13.8 Å². The summed E-state index contributed by atoms with van der Waals surface area (Å²) < 4.78 is 8.57. The summed E-state index contributed by atoms with van der Waals surface area (Å²) in [5, 5.41) is 17.8. The Bertz CT molecular complexity index is 210. The fraction of sp³-hybridized carbons (Fsp3) is 0.500. The smallest absolute Gasteiger partial charge is 0.305 e. The number of carbonyl (C=O) groups excluding carboxylic acids is 2. The standard InChI is InChI=1S/C8H12O6/c1-5(9)13-7(11)3-4-8(12)14-6(2)10/h3-4,7-8,11-12H,1-2H3/b4-3-. The topological polar surface area (TPSA) is 93.1 Å². The van der Waals surface area contributed by atoms with Crippen molar-refractivity contribution in [1.82, 2.24) is 0 Å². The lowest BCUT2D eigenvalue weighted by molar-refractivity contribution is -0.161. The summed E-state index contributed by atoms with van der Waals surface area (Å²) in [5.41, 5.74) is 0. The molecule has 0 aliphatic carbocycles. The fourth-order valence-corrected chi connectivity index (χ4v) is 0.609. The Morgan fingerprint density at radius 2 is 1.29 bits per heavy atom. The van der Waals surface area contributed by atoms with Crippen LogP contribution >= 0.6 is 0 Å². The second-order valence-electron chi connectivity index (χ2n) is 2.38. The van der Waals surface area contributed by atoms with Crippen molar-refractivity contribution in [2.45, 2.75) is 26.4 Å². The van der Waals surface area contributed by atoms with Crippen LogP contribution in [0.5, 0.6) is 0 Å². The van der Waals surface area contributed by atoms with Crippen molar-refractivity contribution >= 4 is 11.9 Å². The van der Waals surface area contributed by atoms with E-state index in [9.17, 15) is 9.59 Å². The molecule has 0 radical (unpaired) electrons. The Morgan fingerprint density at radius 1 is 1.00 bits per heavy atom. The maximum Gasteiger partial charge on any atom is 0.305 e. The molecule has 6 nitrogen and oxygen atoms in total. The fourth-order valence-electron chi connectivity index (χ4n) is 0.609. The molecule has 0 saturated carbocycles. The molecule has 0 aliphatic heterocycles. The van der Waals surface area contributed by atoms with Gasteiger partial charge in [0.15, 0.2) is 0 Å². The van der Waals surface area contributed by atoms with Crippen LogP contribution in [0.15, 0.2) is 12.2 Å². The number of ether oxygens (including phenoxy) is 2. The van der Waals surface area contributed by atoms with Gasteiger partial charge in [0.05, 0.1) is 0 Å². The van der Waals surface area contributed by atoms with Crippen molar-refractivity contribution in [3.05, 3.63) is 12.2 Å². The van der Waals surface area contributed by atoms with Crippen molar-refractivity contribution in [3.8, 4) is 0 Å². The molecule has 0 rings (SSSR count). The zero-order valence-corrected chi connectivity index (χ0v) is 7.84. The SMILES string of the molecule is CC(=O)OC(O)/C=C\C(O)OC(C)=O. The molecule has 0 aromatic heterocycles. The summed E-state index contributed by atoms with van der Waals surface area (Å²) in [6.45, 7) is 2.25. The van der Waals surface area contributed by atoms with Crippen molar-refractivity contribution in [1.29, 1.82) is 0 Å². The van der Waals surface area contributed by atoms with Crippen LogP contribution in [0.4, 0.5) is 0 Å². The van der Waals surface area contributed by atoms with Gasteiger partial charge in [-0.05, 0) is 12.2 Å². The highest BCUT2D eigenvalue weighted by atomic mass is 16.6. The number of aliphatic hydroxyl groups excluding tert-OH is 2.